The third-order valence-electron chi connectivity index (χ3n) is 3.59. The maximum absolute atomic E-state index is 12.3. The molecule has 2 aromatic carbocycles. The molecule has 1 amide bonds. The predicted octanol–water partition coefficient (Wildman–Crippen LogP) is 3.49. The number of ether oxygens (including phenoxy) is 3. The molecule has 1 unspecified atom stereocenters. The Bertz CT molecular complexity index is 775. The second-order valence-corrected chi connectivity index (χ2v) is 5.50. The van der Waals surface area contributed by atoms with Crippen molar-refractivity contribution >= 4 is 12.1 Å². The fraction of sp³-hybridized carbons (Fsp3) is 0.238. The van der Waals surface area contributed by atoms with E-state index in [2.05, 4.69) is 17.1 Å². The molecule has 0 aliphatic rings. The number of benzene rings is 2. The number of hydrogen-bond acceptors (Lipinski definition) is 5. The quantitative estimate of drug-likeness (QED) is 0.396. The van der Waals surface area contributed by atoms with Crippen molar-refractivity contribution in [1.29, 1.82) is 0 Å². The first kappa shape index (κ1) is 20.2. The van der Waals surface area contributed by atoms with Crippen LogP contribution in [0.2, 0.25) is 0 Å². The van der Waals surface area contributed by atoms with Gasteiger partial charge in [-0.05, 0) is 36.2 Å². The molecular weight excluding hydrogens is 344 g/mol. The Hall–Kier alpha value is -3.12. The van der Waals surface area contributed by atoms with Gasteiger partial charge >= 0.3 is 0 Å². The first-order valence-electron chi connectivity index (χ1n) is 8.60. The minimum absolute atomic E-state index is 0.351. The second-order valence-electron chi connectivity index (χ2n) is 5.50. The normalized spacial score (nSPS) is 11.8. The summed E-state index contributed by atoms with van der Waals surface area (Å²) >= 11 is 0. The van der Waals surface area contributed by atoms with Gasteiger partial charge in [0, 0.05) is 7.11 Å². The molecule has 0 fully saturated rings. The van der Waals surface area contributed by atoms with E-state index in [1.807, 2.05) is 43.3 Å². The van der Waals surface area contributed by atoms with Crippen LogP contribution in [0.25, 0.3) is 0 Å². The highest BCUT2D eigenvalue weighted by Gasteiger charge is 2.19. The van der Waals surface area contributed by atoms with Gasteiger partial charge in [0.1, 0.15) is 6.61 Å². The predicted molar refractivity (Wildman–Crippen MR) is 105 cm³/mol. The van der Waals surface area contributed by atoms with Crippen LogP contribution >= 0.6 is 0 Å². The summed E-state index contributed by atoms with van der Waals surface area (Å²) in [6.07, 6.45) is 2.48. The number of rotatable bonds is 10. The maximum atomic E-state index is 12.3. The zero-order valence-electron chi connectivity index (χ0n) is 15.6. The van der Waals surface area contributed by atoms with Gasteiger partial charge in [-0.2, -0.15) is 5.10 Å². The molecular formula is C21H24N2O4. The van der Waals surface area contributed by atoms with E-state index in [1.165, 1.54) is 13.3 Å². The van der Waals surface area contributed by atoms with Crippen LogP contribution in [-0.2, 0) is 9.53 Å². The number of amides is 1. The molecule has 6 nitrogen and oxygen atoms in total. The molecule has 0 aromatic heterocycles. The molecule has 1 atom stereocenters. The third kappa shape index (κ3) is 5.97. The summed E-state index contributed by atoms with van der Waals surface area (Å²) in [5.74, 6) is 0.881. The smallest absolute Gasteiger partial charge is 0.273 e. The highest BCUT2D eigenvalue weighted by Crippen LogP contribution is 2.28. The average Bonchev–Trinajstić information content (AvgIpc) is 2.69. The first-order valence-corrected chi connectivity index (χ1v) is 8.60. The number of carbonyl (C=O) groups is 1. The van der Waals surface area contributed by atoms with Gasteiger partial charge in [-0.25, -0.2) is 5.43 Å². The van der Waals surface area contributed by atoms with Crippen LogP contribution in [0, 0.1) is 0 Å². The van der Waals surface area contributed by atoms with E-state index in [4.69, 9.17) is 14.2 Å². The van der Waals surface area contributed by atoms with Gasteiger partial charge in [-0.15, -0.1) is 0 Å². The third-order valence-corrected chi connectivity index (χ3v) is 3.59. The van der Waals surface area contributed by atoms with Crippen LogP contribution in [0.3, 0.4) is 0 Å². The molecule has 0 spiro atoms. The minimum atomic E-state index is -0.725. The Morgan fingerprint density at radius 2 is 1.96 bits per heavy atom. The number of methoxy groups -OCH3 is 1. The van der Waals surface area contributed by atoms with E-state index >= 15 is 0 Å². The van der Waals surface area contributed by atoms with Gasteiger partial charge in [0.15, 0.2) is 17.6 Å². The van der Waals surface area contributed by atoms with Crippen LogP contribution in [0.15, 0.2) is 66.3 Å². The van der Waals surface area contributed by atoms with Crippen LogP contribution in [0.4, 0.5) is 0 Å². The summed E-state index contributed by atoms with van der Waals surface area (Å²) in [5.41, 5.74) is 4.02. The lowest BCUT2D eigenvalue weighted by molar-refractivity contribution is -0.131. The lowest BCUT2D eigenvalue weighted by Gasteiger charge is -2.13. The van der Waals surface area contributed by atoms with Crippen molar-refractivity contribution in [1.82, 2.24) is 5.43 Å². The molecule has 0 aliphatic carbocycles. The molecule has 0 aliphatic heterocycles. The Kier molecular flexibility index (Phi) is 8.06. The lowest BCUT2D eigenvalue weighted by Crippen LogP contribution is -2.26. The summed E-state index contributed by atoms with van der Waals surface area (Å²) in [5, 5.41) is 4.01. The Morgan fingerprint density at radius 3 is 2.63 bits per heavy atom. The second kappa shape index (κ2) is 10.8. The Labute approximate surface area is 159 Å². The molecule has 0 saturated heterocycles. The number of hydrazone groups is 1. The van der Waals surface area contributed by atoms with Gasteiger partial charge < -0.3 is 14.2 Å². The van der Waals surface area contributed by atoms with Gasteiger partial charge in [-0.3, -0.25) is 4.79 Å². The van der Waals surface area contributed by atoms with Gasteiger partial charge in [0.2, 0.25) is 0 Å². The zero-order valence-corrected chi connectivity index (χ0v) is 15.6. The highest BCUT2D eigenvalue weighted by atomic mass is 16.5. The van der Waals surface area contributed by atoms with Crippen LogP contribution in [-0.4, -0.2) is 32.4 Å². The number of nitrogens with one attached hydrogen (secondary N) is 1. The fourth-order valence-corrected chi connectivity index (χ4v) is 2.39. The van der Waals surface area contributed by atoms with E-state index in [1.54, 1.807) is 18.2 Å². The molecule has 0 saturated carbocycles. The van der Waals surface area contributed by atoms with Crippen molar-refractivity contribution in [2.45, 2.75) is 13.0 Å². The summed E-state index contributed by atoms with van der Waals surface area (Å²) in [6.45, 7) is 6.43. The van der Waals surface area contributed by atoms with Crippen molar-refractivity contribution in [3.8, 4) is 11.5 Å². The van der Waals surface area contributed by atoms with Crippen molar-refractivity contribution in [2.24, 2.45) is 5.10 Å². The van der Waals surface area contributed by atoms with Crippen molar-refractivity contribution in [3.05, 3.63) is 72.3 Å². The first-order chi connectivity index (χ1) is 13.2. The van der Waals surface area contributed by atoms with E-state index in [0.717, 1.165) is 11.1 Å². The van der Waals surface area contributed by atoms with Crippen LogP contribution in [0.5, 0.6) is 11.5 Å². The summed E-state index contributed by atoms with van der Waals surface area (Å²) in [7, 11) is 1.48. The molecule has 2 rings (SSSR count). The Balaban J connectivity index is 2.05. The summed E-state index contributed by atoms with van der Waals surface area (Å²) in [4.78, 5) is 12.3. The largest absolute Gasteiger partial charge is 0.490 e. The number of carbonyl (C=O) groups excluding carboxylic acids is 1. The van der Waals surface area contributed by atoms with Crippen LogP contribution < -0.4 is 14.9 Å². The van der Waals surface area contributed by atoms with Crippen molar-refractivity contribution in [2.75, 3.05) is 20.3 Å². The summed E-state index contributed by atoms with van der Waals surface area (Å²) in [6, 6.07) is 14.6. The topological polar surface area (TPSA) is 69.2 Å². The SMILES string of the molecule is C=CCOc1ccc(/C=N/NC(=O)C(OC)c2ccccc2)cc1OCC. The monoisotopic (exact) mass is 368 g/mol. The van der Waals surface area contributed by atoms with E-state index < -0.39 is 6.10 Å². The molecule has 0 radical (unpaired) electrons. The number of hydrogen-bond donors (Lipinski definition) is 1. The molecule has 6 heteroatoms. The molecule has 2 aromatic rings. The molecule has 1 N–H and O–H groups in total. The van der Waals surface area contributed by atoms with Crippen LogP contribution in [0.1, 0.15) is 24.2 Å². The minimum Gasteiger partial charge on any atom is -0.490 e. The van der Waals surface area contributed by atoms with Crippen molar-refractivity contribution in [3.63, 3.8) is 0 Å². The summed E-state index contributed by atoms with van der Waals surface area (Å²) < 4.78 is 16.4. The van der Waals surface area contributed by atoms with E-state index in [-0.39, 0.29) is 5.91 Å². The van der Waals surface area contributed by atoms with Gasteiger partial charge in [0.05, 0.1) is 12.8 Å². The average molecular weight is 368 g/mol. The van der Waals surface area contributed by atoms with E-state index in [0.29, 0.717) is 24.7 Å². The standard InChI is InChI=1S/C21H24N2O4/c1-4-13-27-18-12-11-16(14-19(18)26-5-2)15-22-23-21(24)20(25-3)17-9-7-6-8-10-17/h4,6-12,14-15,20H,1,5,13H2,2-3H3,(H,23,24)/b22-15+. The molecule has 0 bridgehead atoms. The molecule has 27 heavy (non-hydrogen) atoms. The highest BCUT2D eigenvalue weighted by molar-refractivity contribution is 5.85. The van der Waals surface area contributed by atoms with Crippen molar-refractivity contribution < 1.29 is 19.0 Å². The maximum Gasteiger partial charge on any atom is 0.273 e. The number of nitrogens with zero attached hydrogens (tertiary/aromatic N) is 1. The Morgan fingerprint density at radius 1 is 1.19 bits per heavy atom. The van der Waals surface area contributed by atoms with Gasteiger partial charge in [0.25, 0.3) is 5.91 Å². The fourth-order valence-electron chi connectivity index (χ4n) is 2.39. The van der Waals surface area contributed by atoms with E-state index in [9.17, 15) is 4.79 Å². The van der Waals surface area contributed by atoms with Gasteiger partial charge in [-0.1, -0.05) is 43.0 Å². The lowest BCUT2D eigenvalue weighted by atomic mass is 10.1. The zero-order chi connectivity index (χ0) is 19.5. The molecule has 0 heterocycles. The molecule has 142 valence electrons.